The van der Waals surface area contributed by atoms with Crippen LogP contribution in [-0.4, -0.2) is 28.4 Å². The number of hydrogen-bond donors (Lipinski definition) is 1. The van der Waals surface area contributed by atoms with Crippen molar-refractivity contribution in [1.29, 1.82) is 0 Å². The van der Waals surface area contributed by atoms with E-state index in [0.29, 0.717) is 17.1 Å². The molecule has 0 saturated heterocycles. The Hall–Kier alpha value is -1.60. The van der Waals surface area contributed by atoms with Gasteiger partial charge in [0, 0.05) is 12.6 Å². The zero-order valence-corrected chi connectivity index (χ0v) is 11.1. The van der Waals surface area contributed by atoms with E-state index in [1.165, 1.54) is 0 Å². The SMILES string of the molecule is Cn1cnnc1-c1ccccc1NS(=O)(=O)CCl. The van der Waals surface area contributed by atoms with Gasteiger partial charge in [0.25, 0.3) is 0 Å². The predicted molar refractivity (Wildman–Crippen MR) is 69.7 cm³/mol. The van der Waals surface area contributed by atoms with Gasteiger partial charge in [0.15, 0.2) is 5.82 Å². The zero-order chi connectivity index (χ0) is 13.2. The monoisotopic (exact) mass is 286 g/mol. The molecule has 96 valence electrons. The molecular formula is C10H11ClN4O2S. The molecule has 6 nitrogen and oxygen atoms in total. The molecule has 0 atom stereocenters. The van der Waals surface area contributed by atoms with Gasteiger partial charge in [-0.1, -0.05) is 12.1 Å². The molecule has 0 amide bonds. The molecule has 0 saturated carbocycles. The summed E-state index contributed by atoms with van der Waals surface area (Å²) in [5, 5.41) is 7.21. The lowest BCUT2D eigenvalue weighted by Gasteiger charge is -2.10. The summed E-state index contributed by atoms with van der Waals surface area (Å²) < 4.78 is 27.1. The number of nitrogens with zero attached hydrogens (tertiary/aromatic N) is 3. The van der Waals surface area contributed by atoms with Crippen LogP contribution in [0.3, 0.4) is 0 Å². The average Bonchev–Trinajstić information content (AvgIpc) is 2.76. The number of benzene rings is 1. The second-order valence-electron chi connectivity index (χ2n) is 3.64. The van der Waals surface area contributed by atoms with E-state index in [-0.39, 0.29) is 0 Å². The van der Waals surface area contributed by atoms with Crippen molar-refractivity contribution < 1.29 is 8.42 Å². The fourth-order valence-electron chi connectivity index (χ4n) is 1.49. The molecule has 2 rings (SSSR count). The minimum atomic E-state index is -3.54. The van der Waals surface area contributed by atoms with Gasteiger partial charge in [-0.25, -0.2) is 8.42 Å². The molecule has 2 aromatic rings. The molecular weight excluding hydrogens is 276 g/mol. The van der Waals surface area contributed by atoms with Gasteiger partial charge in [-0.3, -0.25) is 4.72 Å². The summed E-state index contributed by atoms with van der Waals surface area (Å²) in [7, 11) is -1.76. The van der Waals surface area contributed by atoms with Crippen LogP contribution in [0.15, 0.2) is 30.6 Å². The van der Waals surface area contributed by atoms with Gasteiger partial charge in [-0.2, -0.15) is 0 Å². The Bertz CT molecular complexity index is 653. The van der Waals surface area contributed by atoms with Crippen LogP contribution in [0.25, 0.3) is 11.4 Å². The summed E-state index contributed by atoms with van der Waals surface area (Å²) in [5.41, 5.74) is 1.07. The number of aryl methyl sites for hydroxylation is 1. The normalized spacial score (nSPS) is 11.4. The molecule has 0 bridgehead atoms. The van der Waals surface area contributed by atoms with Crippen LogP contribution in [0.5, 0.6) is 0 Å². The van der Waals surface area contributed by atoms with Crippen molar-refractivity contribution in [3.63, 3.8) is 0 Å². The van der Waals surface area contributed by atoms with Gasteiger partial charge in [-0.05, 0) is 12.1 Å². The summed E-state index contributed by atoms with van der Waals surface area (Å²) in [6, 6.07) is 6.93. The average molecular weight is 287 g/mol. The van der Waals surface area contributed by atoms with Crippen LogP contribution in [0, 0.1) is 0 Å². The summed E-state index contributed by atoms with van der Waals surface area (Å²) in [6.07, 6.45) is 1.54. The maximum absolute atomic E-state index is 11.5. The number of alkyl halides is 1. The van der Waals surface area contributed by atoms with Crippen LogP contribution in [0.2, 0.25) is 0 Å². The Labute approximate surface area is 110 Å². The first-order chi connectivity index (χ1) is 8.53. The smallest absolute Gasteiger partial charge is 0.246 e. The van der Waals surface area contributed by atoms with Crippen molar-refractivity contribution in [2.45, 2.75) is 0 Å². The molecule has 0 spiro atoms. The molecule has 0 aliphatic rings. The molecule has 1 aromatic heterocycles. The Morgan fingerprint density at radius 3 is 2.72 bits per heavy atom. The maximum atomic E-state index is 11.5. The van der Waals surface area contributed by atoms with Gasteiger partial charge in [0.05, 0.1) is 5.69 Å². The molecule has 8 heteroatoms. The van der Waals surface area contributed by atoms with Gasteiger partial charge in [0.1, 0.15) is 11.5 Å². The number of anilines is 1. The maximum Gasteiger partial charge on any atom is 0.246 e. The summed E-state index contributed by atoms with van der Waals surface area (Å²) in [4.78, 5) is 0. The standard InChI is InChI=1S/C10H11ClN4O2S/c1-15-7-12-13-10(15)8-4-2-3-5-9(8)14-18(16,17)6-11/h2-5,7,14H,6H2,1H3. The Balaban J connectivity index is 2.48. The van der Waals surface area contributed by atoms with E-state index < -0.39 is 15.2 Å². The lowest BCUT2D eigenvalue weighted by atomic mass is 10.2. The second-order valence-corrected chi connectivity index (χ2v) is 5.94. The molecule has 1 N–H and O–H groups in total. The number of nitrogens with one attached hydrogen (secondary N) is 1. The number of halogens is 1. The quantitative estimate of drug-likeness (QED) is 0.863. The topological polar surface area (TPSA) is 76.9 Å². The van der Waals surface area contributed by atoms with Crippen molar-refractivity contribution in [3.8, 4) is 11.4 Å². The van der Waals surface area contributed by atoms with Gasteiger partial charge < -0.3 is 4.57 Å². The second kappa shape index (κ2) is 4.95. The first-order valence-electron chi connectivity index (χ1n) is 5.03. The fourth-order valence-corrected chi connectivity index (χ4v) is 2.22. The largest absolute Gasteiger partial charge is 0.317 e. The van der Waals surface area contributed by atoms with Crippen molar-refractivity contribution >= 4 is 27.3 Å². The highest BCUT2D eigenvalue weighted by Crippen LogP contribution is 2.26. The van der Waals surface area contributed by atoms with E-state index in [9.17, 15) is 8.42 Å². The van der Waals surface area contributed by atoms with E-state index in [2.05, 4.69) is 14.9 Å². The molecule has 0 aliphatic carbocycles. The molecule has 1 aromatic carbocycles. The van der Waals surface area contributed by atoms with Crippen molar-refractivity contribution in [3.05, 3.63) is 30.6 Å². The van der Waals surface area contributed by atoms with Gasteiger partial charge >= 0.3 is 0 Å². The molecule has 1 heterocycles. The molecule has 18 heavy (non-hydrogen) atoms. The van der Waals surface area contributed by atoms with E-state index in [0.717, 1.165) is 0 Å². The molecule has 0 unspecified atom stereocenters. The predicted octanol–water partition coefficient (Wildman–Crippen LogP) is 1.42. The number of sulfonamides is 1. The Morgan fingerprint density at radius 2 is 2.11 bits per heavy atom. The van der Waals surface area contributed by atoms with Crippen LogP contribution in [0.1, 0.15) is 0 Å². The van der Waals surface area contributed by atoms with Crippen LogP contribution in [-0.2, 0) is 17.1 Å². The number of rotatable bonds is 4. The van der Waals surface area contributed by atoms with Gasteiger partial charge in [-0.15, -0.1) is 21.8 Å². The van der Waals surface area contributed by atoms with E-state index >= 15 is 0 Å². The van der Waals surface area contributed by atoms with Crippen molar-refractivity contribution in [1.82, 2.24) is 14.8 Å². The summed E-state index contributed by atoms with van der Waals surface area (Å²) in [5.74, 6) is 0.572. The summed E-state index contributed by atoms with van der Waals surface area (Å²) >= 11 is 5.37. The van der Waals surface area contributed by atoms with Crippen LogP contribution < -0.4 is 4.72 Å². The van der Waals surface area contributed by atoms with Gasteiger partial charge in [0.2, 0.25) is 10.0 Å². The number of aromatic nitrogens is 3. The molecule has 0 aliphatic heterocycles. The van der Waals surface area contributed by atoms with Crippen molar-refractivity contribution in [2.75, 3.05) is 9.93 Å². The lowest BCUT2D eigenvalue weighted by Crippen LogP contribution is -2.14. The van der Waals surface area contributed by atoms with Crippen LogP contribution >= 0.6 is 11.6 Å². The minimum absolute atomic E-state index is 0.425. The van der Waals surface area contributed by atoms with E-state index in [1.807, 2.05) is 0 Å². The van der Waals surface area contributed by atoms with Crippen molar-refractivity contribution in [2.24, 2.45) is 7.05 Å². The third kappa shape index (κ3) is 2.62. The Morgan fingerprint density at radius 1 is 1.39 bits per heavy atom. The Kier molecular flexibility index (Phi) is 3.53. The lowest BCUT2D eigenvalue weighted by molar-refractivity contribution is 0.605. The highest BCUT2D eigenvalue weighted by Gasteiger charge is 2.14. The highest BCUT2D eigenvalue weighted by molar-refractivity contribution is 7.93. The van der Waals surface area contributed by atoms with E-state index in [1.54, 1.807) is 42.2 Å². The third-order valence-corrected chi connectivity index (χ3v) is 3.97. The first-order valence-corrected chi connectivity index (χ1v) is 7.22. The van der Waals surface area contributed by atoms with E-state index in [4.69, 9.17) is 11.6 Å². The molecule has 0 radical (unpaired) electrons. The highest BCUT2D eigenvalue weighted by atomic mass is 35.5. The minimum Gasteiger partial charge on any atom is -0.317 e. The number of para-hydroxylation sites is 1. The van der Waals surface area contributed by atoms with Crippen LogP contribution in [0.4, 0.5) is 5.69 Å². The fraction of sp³-hybridized carbons (Fsp3) is 0.200. The zero-order valence-electron chi connectivity index (χ0n) is 9.54. The first kappa shape index (κ1) is 12.8. The molecule has 0 fully saturated rings. The third-order valence-electron chi connectivity index (χ3n) is 2.29. The summed E-state index contributed by atoms with van der Waals surface area (Å²) in [6.45, 7) is 0. The number of hydrogen-bond acceptors (Lipinski definition) is 4.